The van der Waals surface area contributed by atoms with Crippen molar-refractivity contribution in [1.29, 1.82) is 0 Å². The molecule has 1 aliphatic carbocycles. The molecule has 1 aliphatic rings. The molecule has 1 N–H and O–H groups in total. The average Bonchev–Trinajstić information content (AvgIpc) is 3.13. The van der Waals surface area contributed by atoms with Gasteiger partial charge in [-0.2, -0.15) is 0 Å². The van der Waals surface area contributed by atoms with Gasteiger partial charge in [-0.05, 0) is 62.8 Å². The minimum Gasteiger partial charge on any atom is -0.352 e. The monoisotopic (exact) mass is 479 g/mol. The van der Waals surface area contributed by atoms with Crippen molar-refractivity contribution in [2.45, 2.75) is 58.5 Å². The average molecular weight is 480 g/mol. The highest BCUT2D eigenvalue weighted by molar-refractivity contribution is 7.18. The quantitative estimate of drug-likeness (QED) is 0.592. The number of thiophene rings is 1. The van der Waals surface area contributed by atoms with Crippen LogP contribution in [-0.2, 0) is 24.2 Å². The molecule has 6 nitrogen and oxygen atoms in total. The van der Waals surface area contributed by atoms with Gasteiger partial charge in [-0.1, -0.05) is 30.1 Å². The van der Waals surface area contributed by atoms with E-state index in [1.807, 2.05) is 13.8 Å². The molecule has 1 atom stereocenters. The second-order valence-electron chi connectivity index (χ2n) is 7.88. The Labute approximate surface area is 193 Å². The van der Waals surface area contributed by atoms with Crippen LogP contribution in [0.2, 0.25) is 10.0 Å². The van der Waals surface area contributed by atoms with Crippen LogP contribution in [0.4, 0.5) is 0 Å². The molecule has 1 unspecified atom stereocenters. The van der Waals surface area contributed by atoms with Gasteiger partial charge >= 0.3 is 5.69 Å². The van der Waals surface area contributed by atoms with E-state index in [0.29, 0.717) is 20.9 Å². The van der Waals surface area contributed by atoms with Crippen LogP contribution in [0.15, 0.2) is 27.8 Å². The normalized spacial score (nSPS) is 14.5. The third-order valence-electron chi connectivity index (χ3n) is 5.72. The summed E-state index contributed by atoms with van der Waals surface area (Å²) in [6, 6.07) is 4.64. The molecule has 0 fully saturated rings. The molecule has 3 aromatic rings. The fraction of sp³-hybridized carbons (Fsp3) is 0.409. The van der Waals surface area contributed by atoms with Crippen LogP contribution in [0.1, 0.15) is 43.6 Å². The van der Waals surface area contributed by atoms with Crippen molar-refractivity contribution in [3.05, 3.63) is 59.5 Å². The summed E-state index contributed by atoms with van der Waals surface area (Å²) in [5.41, 5.74) is 0.393. The molecule has 2 aromatic heterocycles. The van der Waals surface area contributed by atoms with Crippen LogP contribution in [0.25, 0.3) is 15.9 Å². The van der Waals surface area contributed by atoms with Gasteiger partial charge in [0.15, 0.2) is 0 Å². The highest BCUT2D eigenvalue weighted by Gasteiger charge is 2.25. The summed E-state index contributed by atoms with van der Waals surface area (Å²) in [6.45, 7) is 3.74. The molecule has 0 radical (unpaired) electrons. The molecule has 0 bridgehead atoms. The number of carbonyl (C=O) groups is 1. The van der Waals surface area contributed by atoms with E-state index in [1.54, 1.807) is 12.1 Å². The molecule has 31 heavy (non-hydrogen) atoms. The lowest BCUT2D eigenvalue weighted by molar-refractivity contribution is -0.122. The molecule has 1 amide bonds. The summed E-state index contributed by atoms with van der Waals surface area (Å²) in [5, 5.41) is 4.01. The Kier molecular flexibility index (Phi) is 6.28. The second kappa shape index (κ2) is 8.81. The number of hydrogen-bond acceptors (Lipinski definition) is 4. The van der Waals surface area contributed by atoms with Crippen molar-refractivity contribution in [2.75, 3.05) is 0 Å². The summed E-state index contributed by atoms with van der Waals surface area (Å²) in [6.07, 6.45) is 4.52. The third kappa shape index (κ3) is 4.06. The fourth-order valence-electron chi connectivity index (χ4n) is 3.93. The smallest absolute Gasteiger partial charge is 0.337 e. The van der Waals surface area contributed by atoms with Crippen molar-refractivity contribution in [2.24, 2.45) is 0 Å². The molecular weight excluding hydrogens is 457 g/mol. The number of aromatic nitrogens is 2. The van der Waals surface area contributed by atoms with Crippen LogP contribution in [-0.4, -0.2) is 21.1 Å². The number of rotatable bonds is 5. The maximum Gasteiger partial charge on any atom is 0.337 e. The summed E-state index contributed by atoms with van der Waals surface area (Å²) in [7, 11) is 0. The lowest BCUT2D eigenvalue weighted by Crippen LogP contribution is -2.43. The Morgan fingerprint density at radius 1 is 1.19 bits per heavy atom. The zero-order valence-electron chi connectivity index (χ0n) is 17.3. The van der Waals surface area contributed by atoms with E-state index in [-0.39, 0.29) is 29.1 Å². The van der Waals surface area contributed by atoms with Gasteiger partial charge in [-0.15, -0.1) is 11.3 Å². The first kappa shape index (κ1) is 22.1. The van der Waals surface area contributed by atoms with Crippen LogP contribution in [0.3, 0.4) is 0 Å². The maximum absolute atomic E-state index is 13.5. The Balaban J connectivity index is 1.98. The van der Waals surface area contributed by atoms with Crippen molar-refractivity contribution in [1.82, 2.24) is 14.5 Å². The number of amides is 1. The van der Waals surface area contributed by atoms with Crippen LogP contribution in [0.5, 0.6) is 0 Å². The second-order valence-corrected chi connectivity index (χ2v) is 9.77. The standard InChI is InChI=1S/C22H23Cl2N3O3S/c1-3-12(2)25-18(28)11-26-21-19(14-6-4-5-7-17(14)31-21)20(29)27(22(26)30)13-8-9-15(23)16(24)10-13/h8-10,12H,3-7,11H2,1-2H3,(H,25,28). The molecule has 164 valence electrons. The maximum atomic E-state index is 13.5. The molecule has 1 aromatic carbocycles. The summed E-state index contributed by atoms with van der Waals surface area (Å²) < 4.78 is 2.52. The van der Waals surface area contributed by atoms with Gasteiger partial charge in [-0.25, -0.2) is 9.36 Å². The van der Waals surface area contributed by atoms with Gasteiger partial charge in [0.2, 0.25) is 5.91 Å². The van der Waals surface area contributed by atoms with E-state index in [9.17, 15) is 14.4 Å². The molecule has 9 heteroatoms. The number of halogens is 2. The SMILES string of the molecule is CCC(C)NC(=O)Cn1c(=O)n(-c2ccc(Cl)c(Cl)c2)c(=O)c2c3c(sc21)CCCC3. The molecule has 0 saturated heterocycles. The predicted molar refractivity (Wildman–Crippen MR) is 126 cm³/mol. The molecule has 0 saturated carbocycles. The number of hydrogen-bond donors (Lipinski definition) is 1. The number of nitrogens with zero attached hydrogens (tertiary/aromatic N) is 2. The molecular formula is C22H23Cl2N3O3S. The van der Waals surface area contributed by atoms with Gasteiger partial charge in [0, 0.05) is 10.9 Å². The van der Waals surface area contributed by atoms with Gasteiger partial charge in [-0.3, -0.25) is 14.2 Å². The van der Waals surface area contributed by atoms with Crippen molar-refractivity contribution in [3.8, 4) is 5.69 Å². The Bertz CT molecular complexity index is 1290. The topological polar surface area (TPSA) is 73.1 Å². The highest BCUT2D eigenvalue weighted by atomic mass is 35.5. The van der Waals surface area contributed by atoms with Crippen molar-refractivity contribution >= 4 is 50.7 Å². The fourth-order valence-corrected chi connectivity index (χ4v) is 5.59. The molecule has 2 heterocycles. The van der Waals surface area contributed by atoms with E-state index in [0.717, 1.165) is 47.1 Å². The van der Waals surface area contributed by atoms with Crippen molar-refractivity contribution in [3.63, 3.8) is 0 Å². The minimum absolute atomic E-state index is 0.00351. The van der Waals surface area contributed by atoms with Crippen molar-refractivity contribution < 1.29 is 4.79 Å². The Hall–Kier alpha value is -2.09. The van der Waals surface area contributed by atoms with Gasteiger partial charge in [0.05, 0.1) is 21.1 Å². The number of fused-ring (bicyclic) bond motifs is 3. The lowest BCUT2D eigenvalue weighted by Gasteiger charge is -2.15. The first-order valence-electron chi connectivity index (χ1n) is 10.4. The number of nitrogens with one attached hydrogen (secondary N) is 1. The number of aryl methyl sites for hydroxylation is 2. The Morgan fingerprint density at radius 2 is 1.94 bits per heavy atom. The molecule has 0 spiro atoms. The summed E-state index contributed by atoms with van der Waals surface area (Å²) >= 11 is 13.6. The zero-order valence-corrected chi connectivity index (χ0v) is 19.7. The van der Waals surface area contributed by atoms with Gasteiger partial charge in [0.1, 0.15) is 11.4 Å². The van der Waals surface area contributed by atoms with Gasteiger partial charge in [0.25, 0.3) is 5.56 Å². The summed E-state index contributed by atoms with van der Waals surface area (Å²) in [4.78, 5) is 41.4. The van der Waals surface area contributed by atoms with Crippen LogP contribution >= 0.6 is 34.5 Å². The van der Waals surface area contributed by atoms with E-state index < -0.39 is 5.69 Å². The van der Waals surface area contributed by atoms with E-state index in [4.69, 9.17) is 23.2 Å². The Morgan fingerprint density at radius 3 is 2.65 bits per heavy atom. The first-order chi connectivity index (χ1) is 14.8. The van der Waals surface area contributed by atoms with Gasteiger partial charge < -0.3 is 5.32 Å². The molecule has 4 rings (SSSR count). The van der Waals surface area contributed by atoms with Crippen LogP contribution < -0.4 is 16.6 Å². The largest absolute Gasteiger partial charge is 0.352 e. The first-order valence-corrected chi connectivity index (χ1v) is 11.9. The van der Waals surface area contributed by atoms with E-state index in [2.05, 4.69) is 5.32 Å². The lowest BCUT2D eigenvalue weighted by atomic mass is 9.97. The highest BCUT2D eigenvalue weighted by Crippen LogP contribution is 2.34. The number of benzene rings is 1. The zero-order chi connectivity index (χ0) is 22.3. The predicted octanol–water partition coefficient (Wildman–Crippen LogP) is 4.31. The third-order valence-corrected chi connectivity index (χ3v) is 7.77. The van der Waals surface area contributed by atoms with E-state index in [1.165, 1.54) is 22.0 Å². The molecule has 0 aliphatic heterocycles. The summed E-state index contributed by atoms with van der Waals surface area (Å²) in [5.74, 6) is -0.261. The number of carbonyl (C=O) groups excluding carboxylic acids is 1. The minimum atomic E-state index is -0.561. The van der Waals surface area contributed by atoms with E-state index >= 15 is 0 Å². The van der Waals surface area contributed by atoms with Crippen LogP contribution in [0, 0.1) is 0 Å².